The first-order valence-electron chi connectivity index (χ1n) is 7.38. The fourth-order valence-electron chi connectivity index (χ4n) is 2.43. The number of benzene rings is 2. The highest BCUT2D eigenvalue weighted by atomic mass is 35.5. The van der Waals surface area contributed by atoms with Gasteiger partial charge in [-0.3, -0.25) is 0 Å². The quantitative estimate of drug-likeness (QED) is 0.828. The van der Waals surface area contributed by atoms with Gasteiger partial charge in [0.1, 0.15) is 0 Å². The molecule has 0 aliphatic carbocycles. The average molecular weight is 303 g/mol. The highest BCUT2D eigenvalue weighted by molar-refractivity contribution is 6.30. The van der Waals surface area contributed by atoms with Gasteiger partial charge >= 0.3 is 0 Å². The molecule has 2 nitrogen and oxygen atoms in total. The largest absolute Gasteiger partial charge is 0.324 e. The predicted octanol–water partition coefficient (Wildman–Crippen LogP) is 4.25. The maximum atomic E-state index is 6.22. The number of hydrogen-bond donors (Lipinski definition) is 1. The van der Waals surface area contributed by atoms with Crippen LogP contribution in [-0.4, -0.2) is 18.5 Å². The zero-order valence-electron chi connectivity index (χ0n) is 12.5. The summed E-state index contributed by atoms with van der Waals surface area (Å²) in [5, 5.41) is 0.787. The molecule has 0 heterocycles. The van der Waals surface area contributed by atoms with Gasteiger partial charge < -0.3 is 10.6 Å². The minimum absolute atomic E-state index is 0.134. The van der Waals surface area contributed by atoms with Crippen LogP contribution in [0.1, 0.15) is 30.0 Å². The van der Waals surface area contributed by atoms with Gasteiger partial charge in [0.2, 0.25) is 0 Å². The first kappa shape index (κ1) is 16.0. The number of hydrogen-bond acceptors (Lipinski definition) is 2. The van der Waals surface area contributed by atoms with Crippen molar-refractivity contribution >= 4 is 11.6 Å². The molecule has 0 aliphatic rings. The SMILES string of the molecule is CN(CCCC(N)c1ccccc1)Cc1ccc(Cl)cc1. The van der Waals surface area contributed by atoms with Crippen molar-refractivity contribution < 1.29 is 0 Å². The van der Waals surface area contributed by atoms with E-state index in [1.54, 1.807) is 0 Å². The zero-order valence-corrected chi connectivity index (χ0v) is 13.3. The Bertz CT molecular complexity index is 525. The van der Waals surface area contributed by atoms with Crippen LogP contribution in [0.5, 0.6) is 0 Å². The predicted molar refractivity (Wildman–Crippen MR) is 90.4 cm³/mol. The van der Waals surface area contributed by atoms with Crippen molar-refractivity contribution in [3.05, 3.63) is 70.7 Å². The molecule has 2 N–H and O–H groups in total. The molecule has 2 aromatic carbocycles. The first-order chi connectivity index (χ1) is 10.1. The minimum atomic E-state index is 0.134. The van der Waals surface area contributed by atoms with Gasteiger partial charge in [-0.15, -0.1) is 0 Å². The Morgan fingerprint density at radius 1 is 1.05 bits per heavy atom. The van der Waals surface area contributed by atoms with E-state index in [2.05, 4.69) is 36.2 Å². The topological polar surface area (TPSA) is 29.3 Å². The van der Waals surface area contributed by atoms with Crippen molar-refractivity contribution in [1.82, 2.24) is 4.90 Å². The van der Waals surface area contributed by atoms with Crippen LogP contribution in [0.4, 0.5) is 0 Å². The molecule has 1 unspecified atom stereocenters. The van der Waals surface area contributed by atoms with Gasteiger partial charge in [-0.05, 0) is 49.7 Å². The van der Waals surface area contributed by atoms with Crippen LogP contribution in [0.3, 0.4) is 0 Å². The summed E-state index contributed by atoms with van der Waals surface area (Å²) in [5.41, 5.74) is 8.72. The van der Waals surface area contributed by atoms with E-state index in [1.165, 1.54) is 11.1 Å². The van der Waals surface area contributed by atoms with E-state index >= 15 is 0 Å². The van der Waals surface area contributed by atoms with Crippen molar-refractivity contribution in [1.29, 1.82) is 0 Å². The van der Waals surface area contributed by atoms with Crippen LogP contribution in [0.2, 0.25) is 5.02 Å². The third kappa shape index (κ3) is 5.50. The lowest BCUT2D eigenvalue weighted by atomic mass is 10.0. The maximum Gasteiger partial charge on any atom is 0.0406 e. The van der Waals surface area contributed by atoms with Gasteiger partial charge in [0.05, 0.1) is 0 Å². The Hall–Kier alpha value is -1.35. The number of nitrogens with two attached hydrogens (primary N) is 1. The van der Waals surface area contributed by atoms with Crippen LogP contribution in [0.25, 0.3) is 0 Å². The molecular formula is C18H23ClN2. The monoisotopic (exact) mass is 302 g/mol. The zero-order chi connectivity index (χ0) is 15.1. The van der Waals surface area contributed by atoms with Gasteiger partial charge in [-0.1, -0.05) is 54.1 Å². The minimum Gasteiger partial charge on any atom is -0.324 e. The third-order valence-corrected chi connectivity index (χ3v) is 3.90. The standard InChI is InChI=1S/C18H23ClN2/c1-21(14-15-9-11-17(19)12-10-15)13-5-8-18(20)16-6-3-2-4-7-16/h2-4,6-7,9-12,18H,5,8,13-14,20H2,1H3. The van der Waals surface area contributed by atoms with E-state index < -0.39 is 0 Å². The number of halogens is 1. The number of rotatable bonds is 7. The molecule has 3 heteroatoms. The van der Waals surface area contributed by atoms with Crippen LogP contribution in [-0.2, 0) is 6.54 Å². The molecule has 0 spiro atoms. The molecule has 0 saturated heterocycles. The van der Waals surface area contributed by atoms with E-state index in [0.29, 0.717) is 0 Å². The van der Waals surface area contributed by atoms with E-state index in [-0.39, 0.29) is 6.04 Å². The van der Waals surface area contributed by atoms with Crippen molar-refractivity contribution in [2.75, 3.05) is 13.6 Å². The summed E-state index contributed by atoms with van der Waals surface area (Å²) in [5.74, 6) is 0. The van der Waals surface area contributed by atoms with Crippen molar-refractivity contribution in [3.63, 3.8) is 0 Å². The molecule has 2 aromatic rings. The summed E-state index contributed by atoms with van der Waals surface area (Å²) in [6, 6.07) is 18.5. The van der Waals surface area contributed by atoms with Gasteiger partial charge in [0.15, 0.2) is 0 Å². The Balaban J connectivity index is 1.72. The fraction of sp³-hybridized carbons (Fsp3) is 0.333. The van der Waals surface area contributed by atoms with E-state index in [0.717, 1.165) is 31.0 Å². The van der Waals surface area contributed by atoms with E-state index in [4.69, 9.17) is 17.3 Å². The number of nitrogens with zero attached hydrogens (tertiary/aromatic N) is 1. The highest BCUT2D eigenvalue weighted by Gasteiger charge is 2.06. The molecule has 2 rings (SSSR count). The van der Waals surface area contributed by atoms with Crippen molar-refractivity contribution in [2.45, 2.75) is 25.4 Å². The van der Waals surface area contributed by atoms with E-state index in [9.17, 15) is 0 Å². The second-order valence-corrected chi connectivity index (χ2v) is 5.96. The van der Waals surface area contributed by atoms with Gasteiger partial charge in [0, 0.05) is 17.6 Å². The Labute approximate surface area is 132 Å². The summed E-state index contributed by atoms with van der Waals surface area (Å²) in [6.07, 6.45) is 2.11. The second-order valence-electron chi connectivity index (χ2n) is 5.52. The summed E-state index contributed by atoms with van der Waals surface area (Å²) in [4.78, 5) is 2.32. The molecule has 0 amide bonds. The molecule has 112 valence electrons. The summed E-state index contributed by atoms with van der Waals surface area (Å²) < 4.78 is 0. The molecule has 0 aliphatic heterocycles. The van der Waals surface area contributed by atoms with Crippen LogP contribution >= 0.6 is 11.6 Å². The molecular weight excluding hydrogens is 280 g/mol. The second kappa shape index (κ2) is 8.18. The van der Waals surface area contributed by atoms with Crippen LogP contribution in [0.15, 0.2) is 54.6 Å². The van der Waals surface area contributed by atoms with Crippen molar-refractivity contribution in [2.24, 2.45) is 5.73 Å². The Morgan fingerprint density at radius 2 is 1.71 bits per heavy atom. The van der Waals surface area contributed by atoms with Crippen molar-refractivity contribution in [3.8, 4) is 0 Å². The molecule has 0 aromatic heterocycles. The molecule has 0 saturated carbocycles. The maximum absolute atomic E-state index is 6.22. The third-order valence-electron chi connectivity index (χ3n) is 3.65. The average Bonchev–Trinajstić information content (AvgIpc) is 2.50. The summed E-state index contributed by atoms with van der Waals surface area (Å²) in [7, 11) is 2.14. The van der Waals surface area contributed by atoms with Crippen LogP contribution < -0.4 is 5.73 Å². The summed E-state index contributed by atoms with van der Waals surface area (Å²) >= 11 is 5.90. The van der Waals surface area contributed by atoms with Gasteiger partial charge in [-0.2, -0.15) is 0 Å². The van der Waals surface area contributed by atoms with Gasteiger partial charge in [0.25, 0.3) is 0 Å². The highest BCUT2D eigenvalue weighted by Crippen LogP contribution is 2.16. The van der Waals surface area contributed by atoms with Gasteiger partial charge in [-0.25, -0.2) is 0 Å². The Morgan fingerprint density at radius 3 is 2.38 bits per heavy atom. The molecule has 0 bridgehead atoms. The Kier molecular flexibility index (Phi) is 6.24. The van der Waals surface area contributed by atoms with E-state index in [1.807, 2.05) is 30.3 Å². The lowest BCUT2D eigenvalue weighted by Gasteiger charge is -2.18. The summed E-state index contributed by atoms with van der Waals surface area (Å²) in [6.45, 7) is 1.99. The lowest BCUT2D eigenvalue weighted by Crippen LogP contribution is -2.20. The molecule has 1 atom stereocenters. The smallest absolute Gasteiger partial charge is 0.0406 e. The normalized spacial score (nSPS) is 12.6. The lowest BCUT2D eigenvalue weighted by molar-refractivity contribution is 0.314. The van der Waals surface area contributed by atoms with Crippen LogP contribution in [0, 0.1) is 0 Å². The molecule has 0 fully saturated rings. The fourth-order valence-corrected chi connectivity index (χ4v) is 2.55. The molecule has 0 radical (unpaired) electrons. The first-order valence-corrected chi connectivity index (χ1v) is 7.76. The molecule has 21 heavy (non-hydrogen) atoms.